The van der Waals surface area contributed by atoms with E-state index < -0.39 is 0 Å². The molecule has 0 spiro atoms. The molecule has 0 radical (unpaired) electrons. The number of benzene rings is 2. The van der Waals surface area contributed by atoms with Crippen LogP contribution in [-0.2, 0) is 0 Å². The molecule has 4 heteroatoms. The quantitative estimate of drug-likeness (QED) is 0.696. The molecule has 0 aliphatic heterocycles. The van der Waals surface area contributed by atoms with Crippen molar-refractivity contribution in [2.24, 2.45) is 0 Å². The Balaban J connectivity index is 1.88. The zero-order valence-corrected chi connectivity index (χ0v) is 11.8. The smallest absolute Gasteiger partial charge is 0.170 e. The third-order valence-electron chi connectivity index (χ3n) is 3.08. The van der Waals surface area contributed by atoms with Gasteiger partial charge in [0.2, 0.25) is 0 Å². The molecule has 0 atom stereocenters. The Labute approximate surface area is 122 Å². The van der Waals surface area contributed by atoms with Gasteiger partial charge < -0.3 is 15.1 Å². The second-order valence-corrected chi connectivity index (χ2v) is 4.84. The lowest BCUT2D eigenvalue weighted by atomic mass is 10.1. The number of anilines is 1. The molecule has 3 aromatic rings. The average molecular weight is 282 g/mol. The van der Waals surface area contributed by atoms with Gasteiger partial charge in [-0.1, -0.05) is 18.2 Å². The summed E-state index contributed by atoms with van der Waals surface area (Å²) in [6, 6.07) is 18.0. The van der Waals surface area contributed by atoms with E-state index in [1.54, 1.807) is 7.05 Å². The number of rotatable bonds is 2. The topological polar surface area (TPSA) is 37.2 Å². The Morgan fingerprint density at radius 1 is 1.05 bits per heavy atom. The van der Waals surface area contributed by atoms with Gasteiger partial charge in [-0.3, -0.25) is 0 Å². The first-order valence-electron chi connectivity index (χ1n) is 6.34. The van der Waals surface area contributed by atoms with Crippen molar-refractivity contribution in [2.75, 3.05) is 12.4 Å². The van der Waals surface area contributed by atoms with E-state index in [-0.39, 0.29) is 0 Å². The Morgan fingerprint density at radius 2 is 1.80 bits per heavy atom. The largest absolute Gasteiger partial charge is 0.456 e. The van der Waals surface area contributed by atoms with Gasteiger partial charge in [0.15, 0.2) is 5.11 Å². The molecule has 3 rings (SSSR count). The molecule has 2 N–H and O–H groups in total. The minimum Gasteiger partial charge on any atom is -0.456 e. The Bertz CT molecular complexity index is 714. The fraction of sp³-hybridized carbons (Fsp3) is 0.0625. The van der Waals surface area contributed by atoms with Crippen molar-refractivity contribution in [2.45, 2.75) is 0 Å². The van der Waals surface area contributed by atoms with E-state index in [9.17, 15) is 0 Å². The summed E-state index contributed by atoms with van der Waals surface area (Å²) in [7, 11) is 1.79. The fourth-order valence-corrected chi connectivity index (χ4v) is 2.15. The highest BCUT2D eigenvalue weighted by Crippen LogP contribution is 2.28. The van der Waals surface area contributed by atoms with Crippen LogP contribution in [0.2, 0.25) is 0 Å². The van der Waals surface area contributed by atoms with E-state index >= 15 is 0 Å². The zero-order valence-electron chi connectivity index (χ0n) is 11.0. The van der Waals surface area contributed by atoms with Crippen LogP contribution in [0.1, 0.15) is 0 Å². The van der Waals surface area contributed by atoms with E-state index in [0.717, 1.165) is 28.0 Å². The van der Waals surface area contributed by atoms with Gasteiger partial charge in [-0.05, 0) is 48.6 Å². The van der Waals surface area contributed by atoms with Gasteiger partial charge in [0, 0.05) is 23.7 Å². The van der Waals surface area contributed by atoms with Crippen molar-refractivity contribution in [3.8, 4) is 11.3 Å². The number of nitrogens with one attached hydrogen (secondary N) is 2. The predicted octanol–water partition coefficient (Wildman–Crippen LogP) is 4.02. The van der Waals surface area contributed by atoms with Gasteiger partial charge in [-0.2, -0.15) is 0 Å². The molecule has 0 fully saturated rings. The van der Waals surface area contributed by atoms with E-state index in [1.807, 2.05) is 48.5 Å². The van der Waals surface area contributed by atoms with Crippen molar-refractivity contribution in [1.29, 1.82) is 0 Å². The highest BCUT2D eigenvalue weighted by atomic mass is 32.1. The molecular formula is C16H14N2OS. The van der Waals surface area contributed by atoms with Crippen molar-refractivity contribution < 1.29 is 4.42 Å². The van der Waals surface area contributed by atoms with Gasteiger partial charge in [0.05, 0.1) is 0 Å². The van der Waals surface area contributed by atoms with Crippen molar-refractivity contribution >= 4 is 34.0 Å². The maximum absolute atomic E-state index is 5.84. The summed E-state index contributed by atoms with van der Waals surface area (Å²) in [4.78, 5) is 0. The second kappa shape index (κ2) is 5.35. The van der Waals surface area contributed by atoms with Crippen molar-refractivity contribution in [1.82, 2.24) is 5.32 Å². The Hall–Kier alpha value is -2.33. The van der Waals surface area contributed by atoms with Crippen molar-refractivity contribution in [3.63, 3.8) is 0 Å². The average Bonchev–Trinajstić information content (AvgIpc) is 2.91. The molecule has 3 nitrogen and oxygen atoms in total. The van der Waals surface area contributed by atoms with Gasteiger partial charge in [-0.15, -0.1) is 0 Å². The van der Waals surface area contributed by atoms with Crippen LogP contribution in [0.4, 0.5) is 5.69 Å². The van der Waals surface area contributed by atoms with Gasteiger partial charge >= 0.3 is 0 Å². The van der Waals surface area contributed by atoms with Crippen LogP contribution in [-0.4, -0.2) is 12.2 Å². The predicted molar refractivity (Wildman–Crippen MR) is 86.9 cm³/mol. The van der Waals surface area contributed by atoms with Gasteiger partial charge in [-0.25, -0.2) is 0 Å². The third-order valence-corrected chi connectivity index (χ3v) is 3.39. The summed E-state index contributed by atoms with van der Waals surface area (Å²) in [6.45, 7) is 0. The summed E-state index contributed by atoms with van der Waals surface area (Å²) in [5.74, 6) is 0.869. The minimum absolute atomic E-state index is 0.599. The van der Waals surface area contributed by atoms with Crippen LogP contribution in [0.3, 0.4) is 0 Å². The molecule has 0 unspecified atom stereocenters. The molecule has 100 valence electrons. The lowest BCUT2D eigenvalue weighted by molar-refractivity contribution is 0.631. The van der Waals surface area contributed by atoms with Crippen LogP contribution in [0.5, 0.6) is 0 Å². The SMILES string of the molecule is CNC(=S)Nc1ccc(-c2cc3ccccc3o2)cc1. The summed E-state index contributed by atoms with van der Waals surface area (Å²) in [6.07, 6.45) is 0. The number of thiocarbonyl (C=S) groups is 1. The normalized spacial score (nSPS) is 10.4. The van der Waals surface area contributed by atoms with E-state index in [0.29, 0.717) is 5.11 Å². The first-order chi connectivity index (χ1) is 9.76. The summed E-state index contributed by atoms with van der Waals surface area (Å²) >= 11 is 5.07. The maximum Gasteiger partial charge on any atom is 0.170 e. The molecule has 0 saturated heterocycles. The lowest BCUT2D eigenvalue weighted by Crippen LogP contribution is -2.23. The van der Waals surface area contributed by atoms with Crippen LogP contribution in [0.15, 0.2) is 59.0 Å². The monoisotopic (exact) mass is 282 g/mol. The second-order valence-electron chi connectivity index (χ2n) is 4.43. The Morgan fingerprint density at radius 3 is 2.50 bits per heavy atom. The van der Waals surface area contributed by atoms with E-state index in [4.69, 9.17) is 16.6 Å². The highest BCUT2D eigenvalue weighted by Gasteiger charge is 2.05. The van der Waals surface area contributed by atoms with E-state index in [2.05, 4.69) is 16.7 Å². The molecule has 0 amide bonds. The lowest BCUT2D eigenvalue weighted by Gasteiger charge is -2.07. The van der Waals surface area contributed by atoms with Crippen LogP contribution in [0.25, 0.3) is 22.3 Å². The highest BCUT2D eigenvalue weighted by molar-refractivity contribution is 7.80. The maximum atomic E-state index is 5.84. The summed E-state index contributed by atoms with van der Waals surface area (Å²) in [5.41, 5.74) is 2.90. The standard InChI is InChI=1S/C16H14N2OS/c1-17-16(20)18-13-8-6-11(7-9-13)15-10-12-4-2-3-5-14(12)19-15/h2-10H,1H3,(H2,17,18,20). The third kappa shape index (κ3) is 2.51. The summed E-state index contributed by atoms with van der Waals surface area (Å²) < 4.78 is 5.84. The van der Waals surface area contributed by atoms with Gasteiger partial charge in [0.25, 0.3) is 0 Å². The number of hydrogen-bond acceptors (Lipinski definition) is 2. The van der Waals surface area contributed by atoms with Crippen molar-refractivity contribution in [3.05, 3.63) is 54.6 Å². The zero-order chi connectivity index (χ0) is 13.9. The Kier molecular flexibility index (Phi) is 3.39. The molecule has 20 heavy (non-hydrogen) atoms. The molecular weight excluding hydrogens is 268 g/mol. The molecule has 0 aliphatic rings. The summed E-state index contributed by atoms with van der Waals surface area (Å²) in [5, 5.41) is 7.68. The molecule has 0 aliphatic carbocycles. The minimum atomic E-state index is 0.599. The molecule has 2 aromatic carbocycles. The van der Waals surface area contributed by atoms with Gasteiger partial charge in [0.1, 0.15) is 11.3 Å². The molecule has 1 heterocycles. The first kappa shape index (κ1) is 12.7. The number of para-hydroxylation sites is 1. The first-order valence-corrected chi connectivity index (χ1v) is 6.75. The fourth-order valence-electron chi connectivity index (χ4n) is 2.04. The van der Waals surface area contributed by atoms with Crippen LogP contribution >= 0.6 is 12.2 Å². The van der Waals surface area contributed by atoms with E-state index in [1.165, 1.54) is 0 Å². The van der Waals surface area contributed by atoms with Crippen LogP contribution < -0.4 is 10.6 Å². The van der Waals surface area contributed by atoms with Crippen LogP contribution in [0, 0.1) is 0 Å². The molecule has 0 bridgehead atoms. The number of furan rings is 1. The number of hydrogen-bond donors (Lipinski definition) is 2. The number of fused-ring (bicyclic) bond motifs is 1. The molecule has 0 saturated carbocycles. The molecule has 1 aromatic heterocycles.